The van der Waals surface area contributed by atoms with E-state index in [1.54, 1.807) is 29.2 Å². The highest BCUT2D eigenvalue weighted by atomic mass is 16.3. The number of nitrogen functional groups attached to an aromatic ring is 1. The van der Waals surface area contributed by atoms with Gasteiger partial charge in [0.1, 0.15) is 11.6 Å². The van der Waals surface area contributed by atoms with Gasteiger partial charge in [0.2, 0.25) is 0 Å². The van der Waals surface area contributed by atoms with E-state index in [-0.39, 0.29) is 17.7 Å². The number of phenolic OH excluding ortho intramolecular Hbond substituents is 1. The third kappa shape index (κ3) is 2.69. The molecule has 6 heteroatoms. The van der Waals surface area contributed by atoms with E-state index in [1.165, 1.54) is 6.07 Å². The maximum atomic E-state index is 12.4. The highest BCUT2D eigenvalue weighted by molar-refractivity contribution is 5.96. The van der Waals surface area contributed by atoms with Crippen LogP contribution in [0.4, 0.5) is 5.82 Å². The lowest BCUT2D eigenvalue weighted by Crippen LogP contribution is -2.39. The number of aromatic hydroxyl groups is 1. The summed E-state index contributed by atoms with van der Waals surface area (Å²) in [6.07, 6.45) is 3.54. The fourth-order valence-electron chi connectivity index (χ4n) is 2.71. The zero-order chi connectivity index (χ0) is 14.8. The molecule has 1 fully saturated rings. The van der Waals surface area contributed by atoms with E-state index >= 15 is 0 Å². The van der Waals surface area contributed by atoms with Crippen LogP contribution in [0.2, 0.25) is 0 Å². The Morgan fingerprint density at radius 1 is 1.24 bits per heavy atom. The van der Waals surface area contributed by atoms with Gasteiger partial charge in [0.15, 0.2) is 0 Å². The molecular formula is C15H18N4O2. The normalized spacial score (nSPS) is 16.1. The van der Waals surface area contributed by atoms with Crippen molar-refractivity contribution in [3.63, 3.8) is 0 Å². The fourth-order valence-corrected chi connectivity index (χ4v) is 2.71. The van der Waals surface area contributed by atoms with Crippen LogP contribution >= 0.6 is 0 Å². The molecule has 0 aliphatic carbocycles. The molecule has 3 N–H and O–H groups in total. The van der Waals surface area contributed by atoms with Crippen molar-refractivity contribution in [1.82, 2.24) is 14.7 Å². The van der Waals surface area contributed by atoms with Crippen LogP contribution in [0, 0.1) is 0 Å². The molecule has 0 unspecified atom stereocenters. The first-order valence-electron chi connectivity index (χ1n) is 7.03. The Morgan fingerprint density at radius 2 is 1.95 bits per heavy atom. The standard InChI is InChI=1S/C15H18N4O2/c16-14-7-10-19(17-14)11-5-8-18(9-6-11)15(21)12-3-1-2-4-13(12)20/h1-4,7,10-11,20H,5-6,8-9H2,(H2,16,17). The van der Waals surface area contributed by atoms with Gasteiger partial charge in [0, 0.05) is 19.3 Å². The van der Waals surface area contributed by atoms with Gasteiger partial charge in [0.25, 0.3) is 5.91 Å². The molecule has 2 heterocycles. The van der Waals surface area contributed by atoms with Gasteiger partial charge in [-0.05, 0) is 31.0 Å². The summed E-state index contributed by atoms with van der Waals surface area (Å²) in [5.41, 5.74) is 5.99. The number of rotatable bonds is 2. The average molecular weight is 286 g/mol. The maximum absolute atomic E-state index is 12.4. The van der Waals surface area contributed by atoms with Crippen molar-refractivity contribution in [2.75, 3.05) is 18.8 Å². The summed E-state index contributed by atoms with van der Waals surface area (Å²) >= 11 is 0. The molecule has 6 nitrogen and oxygen atoms in total. The molecule has 1 aliphatic rings. The molecule has 0 spiro atoms. The van der Waals surface area contributed by atoms with Crippen molar-refractivity contribution in [1.29, 1.82) is 0 Å². The molecule has 0 bridgehead atoms. The Balaban J connectivity index is 1.66. The lowest BCUT2D eigenvalue weighted by molar-refractivity contribution is 0.0687. The third-order valence-corrected chi connectivity index (χ3v) is 3.89. The summed E-state index contributed by atoms with van der Waals surface area (Å²) in [6, 6.07) is 8.70. The Kier molecular flexibility index (Phi) is 3.51. The summed E-state index contributed by atoms with van der Waals surface area (Å²) < 4.78 is 1.87. The van der Waals surface area contributed by atoms with E-state index in [0.29, 0.717) is 24.5 Å². The molecule has 110 valence electrons. The number of para-hydroxylation sites is 1. The number of likely N-dealkylation sites (tertiary alicyclic amines) is 1. The van der Waals surface area contributed by atoms with Crippen molar-refractivity contribution >= 4 is 11.7 Å². The summed E-state index contributed by atoms with van der Waals surface area (Å²) in [7, 11) is 0. The number of amides is 1. The van der Waals surface area contributed by atoms with Crippen LogP contribution in [-0.4, -0.2) is 38.8 Å². The predicted molar refractivity (Wildman–Crippen MR) is 78.9 cm³/mol. The van der Waals surface area contributed by atoms with Crippen molar-refractivity contribution in [2.24, 2.45) is 0 Å². The zero-order valence-electron chi connectivity index (χ0n) is 11.6. The van der Waals surface area contributed by atoms with E-state index in [2.05, 4.69) is 5.10 Å². The molecule has 1 aliphatic heterocycles. The molecule has 1 amide bonds. The number of nitrogens with zero attached hydrogens (tertiary/aromatic N) is 3. The van der Waals surface area contributed by atoms with Gasteiger partial charge in [-0.25, -0.2) is 0 Å². The number of aromatic nitrogens is 2. The summed E-state index contributed by atoms with van der Waals surface area (Å²) in [5.74, 6) is 0.429. The highest BCUT2D eigenvalue weighted by Crippen LogP contribution is 2.25. The van der Waals surface area contributed by atoms with E-state index in [0.717, 1.165) is 12.8 Å². The van der Waals surface area contributed by atoms with Gasteiger partial charge in [-0.15, -0.1) is 0 Å². The van der Waals surface area contributed by atoms with E-state index in [4.69, 9.17) is 5.73 Å². The number of benzene rings is 1. The van der Waals surface area contributed by atoms with Gasteiger partial charge in [-0.3, -0.25) is 9.48 Å². The number of carbonyl (C=O) groups is 1. The number of piperidine rings is 1. The third-order valence-electron chi connectivity index (χ3n) is 3.89. The average Bonchev–Trinajstić information content (AvgIpc) is 2.94. The zero-order valence-corrected chi connectivity index (χ0v) is 11.6. The first-order valence-corrected chi connectivity index (χ1v) is 7.03. The molecule has 0 atom stereocenters. The van der Waals surface area contributed by atoms with Crippen molar-refractivity contribution in [2.45, 2.75) is 18.9 Å². The Labute approximate surface area is 122 Å². The quantitative estimate of drug-likeness (QED) is 0.879. The van der Waals surface area contributed by atoms with Crippen LogP contribution in [0.3, 0.4) is 0 Å². The van der Waals surface area contributed by atoms with Gasteiger partial charge < -0.3 is 15.7 Å². The number of carbonyl (C=O) groups excluding carboxylic acids is 1. The second kappa shape index (κ2) is 5.47. The van der Waals surface area contributed by atoms with Gasteiger partial charge in [-0.2, -0.15) is 5.10 Å². The Bertz CT molecular complexity index is 645. The molecule has 0 saturated carbocycles. The summed E-state index contributed by atoms with van der Waals surface area (Å²) in [6.45, 7) is 1.30. The first kappa shape index (κ1) is 13.5. The minimum atomic E-state index is -0.119. The van der Waals surface area contributed by atoms with Gasteiger partial charge >= 0.3 is 0 Å². The number of hydrogen-bond donors (Lipinski definition) is 2. The minimum absolute atomic E-state index is 0.0319. The van der Waals surface area contributed by atoms with Gasteiger partial charge in [0.05, 0.1) is 11.6 Å². The number of anilines is 1. The van der Waals surface area contributed by atoms with Crippen LogP contribution in [0.15, 0.2) is 36.5 Å². The number of phenols is 1. The molecule has 1 saturated heterocycles. The van der Waals surface area contributed by atoms with Gasteiger partial charge in [-0.1, -0.05) is 12.1 Å². The molecule has 21 heavy (non-hydrogen) atoms. The predicted octanol–water partition coefficient (Wildman–Crippen LogP) is 1.65. The van der Waals surface area contributed by atoms with Crippen molar-refractivity contribution < 1.29 is 9.90 Å². The molecule has 0 radical (unpaired) electrons. The monoisotopic (exact) mass is 286 g/mol. The highest BCUT2D eigenvalue weighted by Gasteiger charge is 2.26. The van der Waals surface area contributed by atoms with Crippen LogP contribution in [0.5, 0.6) is 5.75 Å². The second-order valence-corrected chi connectivity index (χ2v) is 5.26. The first-order chi connectivity index (χ1) is 10.1. The molecule has 2 aromatic rings. The van der Waals surface area contributed by atoms with Crippen LogP contribution < -0.4 is 5.73 Å². The molecule has 3 rings (SSSR count). The molecule has 1 aromatic carbocycles. The second-order valence-electron chi connectivity index (χ2n) is 5.26. The lowest BCUT2D eigenvalue weighted by atomic mass is 10.0. The number of hydrogen-bond acceptors (Lipinski definition) is 4. The maximum Gasteiger partial charge on any atom is 0.257 e. The topological polar surface area (TPSA) is 84.4 Å². The van der Waals surface area contributed by atoms with E-state index in [1.807, 2.05) is 10.9 Å². The van der Waals surface area contributed by atoms with E-state index in [9.17, 15) is 9.90 Å². The number of nitrogens with two attached hydrogens (primary N) is 1. The lowest BCUT2D eigenvalue weighted by Gasteiger charge is -2.32. The largest absolute Gasteiger partial charge is 0.507 e. The Hall–Kier alpha value is -2.50. The Morgan fingerprint density at radius 3 is 2.57 bits per heavy atom. The summed E-state index contributed by atoms with van der Waals surface area (Å²) in [4.78, 5) is 14.2. The van der Waals surface area contributed by atoms with Crippen LogP contribution in [0.25, 0.3) is 0 Å². The smallest absolute Gasteiger partial charge is 0.257 e. The fraction of sp³-hybridized carbons (Fsp3) is 0.333. The summed E-state index contributed by atoms with van der Waals surface area (Å²) in [5, 5.41) is 14.0. The van der Waals surface area contributed by atoms with E-state index < -0.39 is 0 Å². The molecular weight excluding hydrogens is 268 g/mol. The minimum Gasteiger partial charge on any atom is -0.507 e. The van der Waals surface area contributed by atoms with Crippen LogP contribution in [0.1, 0.15) is 29.2 Å². The van der Waals surface area contributed by atoms with Crippen molar-refractivity contribution in [3.8, 4) is 5.75 Å². The SMILES string of the molecule is Nc1ccn(C2CCN(C(=O)c3ccccc3O)CC2)n1. The van der Waals surface area contributed by atoms with Crippen molar-refractivity contribution in [3.05, 3.63) is 42.1 Å². The molecule has 1 aromatic heterocycles. The van der Waals surface area contributed by atoms with Crippen LogP contribution in [-0.2, 0) is 0 Å².